The molecular weight excluding hydrogens is 357 g/mol. The summed E-state index contributed by atoms with van der Waals surface area (Å²) in [6.07, 6.45) is -0.172. The van der Waals surface area contributed by atoms with E-state index in [-0.39, 0.29) is 11.9 Å². The monoisotopic (exact) mass is 373 g/mol. The second kappa shape index (κ2) is 7.53. The van der Waals surface area contributed by atoms with Gasteiger partial charge >= 0.3 is 0 Å². The number of hydrogen-bond acceptors (Lipinski definition) is 5. The molecule has 1 atom stereocenters. The Kier molecular flexibility index (Phi) is 4.97. The molecule has 1 saturated heterocycles. The molecule has 134 valence electrons. The normalized spacial score (nSPS) is 18.2. The number of benzene rings is 2. The van der Waals surface area contributed by atoms with Crippen molar-refractivity contribution in [1.29, 1.82) is 0 Å². The fraction of sp³-hybridized carbons (Fsp3) is 0.263. The molecule has 0 radical (unpaired) electrons. The zero-order valence-electron chi connectivity index (χ0n) is 13.9. The van der Waals surface area contributed by atoms with Crippen LogP contribution >= 0.6 is 11.6 Å². The molecule has 1 aliphatic rings. The van der Waals surface area contributed by atoms with Gasteiger partial charge in [-0.2, -0.15) is 4.98 Å². The average molecular weight is 374 g/mol. The van der Waals surface area contributed by atoms with Crippen LogP contribution in [0.4, 0.5) is 4.39 Å². The molecule has 1 unspecified atom stereocenters. The second-order valence-electron chi connectivity index (χ2n) is 6.17. The summed E-state index contributed by atoms with van der Waals surface area (Å²) in [6.45, 7) is 2.47. The number of aromatic nitrogens is 2. The minimum Gasteiger partial charge on any atom is -0.371 e. The predicted molar refractivity (Wildman–Crippen MR) is 95.1 cm³/mol. The van der Waals surface area contributed by atoms with Crippen LogP contribution in [0.5, 0.6) is 0 Å². The summed E-state index contributed by atoms with van der Waals surface area (Å²) in [5, 5.41) is 4.65. The number of ether oxygens (including phenoxy) is 1. The lowest BCUT2D eigenvalue weighted by atomic mass is 10.1. The maximum atomic E-state index is 13.4. The van der Waals surface area contributed by atoms with E-state index in [4.69, 9.17) is 20.9 Å². The van der Waals surface area contributed by atoms with Crippen LogP contribution in [0.25, 0.3) is 11.4 Å². The highest BCUT2D eigenvalue weighted by Crippen LogP contribution is 2.24. The fourth-order valence-corrected chi connectivity index (χ4v) is 3.20. The lowest BCUT2D eigenvalue weighted by molar-refractivity contribution is -0.0357. The Morgan fingerprint density at radius 2 is 2.08 bits per heavy atom. The van der Waals surface area contributed by atoms with Crippen molar-refractivity contribution >= 4 is 11.6 Å². The molecule has 2 heterocycles. The van der Waals surface area contributed by atoms with Crippen molar-refractivity contribution in [2.24, 2.45) is 0 Å². The number of morpholine rings is 1. The SMILES string of the molecule is Fc1cccc(C2CN(Cc3nc(-c4cccc(Cl)c4)no3)CCO2)c1. The van der Waals surface area contributed by atoms with E-state index in [1.165, 1.54) is 12.1 Å². The molecule has 7 heteroatoms. The Morgan fingerprint density at radius 1 is 1.19 bits per heavy atom. The number of rotatable bonds is 4. The van der Waals surface area contributed by atoms with Gasteiger partial charge in [0, 0.05) is 23.7 Å². The third-order valence-electron chi connectivity index (χ3n) is 4.28. The number of nitrogens with zero attached hydrogens (tertiary/aromatic N) is 3. The molecule has 2 aromatic carbocycles. The molecule has 1 fully saturated rings. The first-order valence-corrected chi connectivity index (χ1v) is 8.73. The van der Waals surface area contributed by atoms with Crippen LogP contribution in [0, 0.1) is 5.82 Å². The lowest BCUT2D eigenvalue weighted by Gasteiger charge is -2.32. The lowest BCUT2D eigenvalue weighted by Crippen LogP contribution is -2.37. The van der Waals surface area contributed by atoms with E-state index < -0.39 is 0 Å². The average Bonchev–Trinajstić information content (AvgIpc) is 3.10. The van der Waals surface area contributed by atoms with Gasteiger partial charge in [-0.3, -0.25) is 4.90 Å². The third-order valence-corrected chi connectivity index (χ3v) is 4.52. The zero-order chi connectivity index (χ0) is 17.9. The highest BCUT2D eigenvalue weighted by atomic mass is 35.5. The Balaban J connectivity index is 1.44. The van der Waals surface area contributed by atoms with Gasteiger partial charge in [-0.1, -0.05) is 41.0 Å². The molecule has 1 aromatic heterocycles. The second-order valence-corrected chi connectivity index (χ2v) is 6.61. The molecule has 0 bridgehead atoms. The Labute approximate surface area is 155 Å². The Hall–Kier alpha value is -2.28. The van der Waals surface area contributed by atoms with Gasteiger partial charge in [0.1, 0.15) is 5.82 Å². The molecule has 3 aromatic rings. The molecule has 4 rings (SSSR count). The smallest absolute Gasteiger partial charge is 0.241 e. The first kappa shape index (κ1) is 17.1. The van der Waals surface area contributed by atoms with Crippen LogP contribution in [0.15, 0.2) is 53.1 Å². The number of halogens is 2. The van der Waals surface area contributed by atoms with Gasteiger partial charge in [-0.15, -0.1) is 0 Å². The molecule has 1 aliphatic heterocycles. The fourth-order valence-electron chi connectivity index (χ4n) is 3.01. The molecular formula is C19H17ClFN3O2. The quantitative estimate of drug-likeness (QED) is 0.689. The van der Waals surface area contributed by atoms with Gasteiger partial charge in [0.15, 0.2) is 0 Å². The summed E-state index contributed by atoms with van der Waals surface area (Å²) in [5.41, 5.74) is 1.65. The zero-order valence-corrected chi connectivity index (χ0v) is 14.7. The molecule has 0 saturated carbocycles. The van der Waals surface area contributed by atoms with Gasteiger partial charge in [0.25, 0.3) is 0 Å². The standard InChI is InChI=1S/C19H17ClFN3O2/c20-15-5-1-4-14(9-15)19-22-18(26-23-19)12-24-7-8-25-17(11-24)13-3-2-6-16(21)10-13/h1-6,9-10,17H,7-8,11-12H2. The van der Waals surface area contributed by atoms with Crippen molar-refractivity contribution < 1.29 is 13.7 Å². The minimum atomic E-state index is -0.258. The van der Waals surface area contributed by atoms with Crippen molar-refractivity contribution in [2.75, 3.05) is 19.7 Å². The summed E-state index contributed by atoms with van der Waals surface area (Å²) in [5.74, 6) is 0.781. The molecule has 5 nitrogen and oxygen atoms in total. The van der Waals surface area contributed by atoms with Crippen LogP contribution in [-0.4, -0.2) is 34.7 Å². The van der Waals surface area contributed by atoms with Crippen LogP contribution < -0.4 is 0 Å². The van der Waals surface area contributed by atoms with Crippen molar-refractivity contribution in [3.8, 4) is 11.4 Å². The van der Waals surface area contributed by atoms with E-state index in [0.29, 0.717) is 36.4 Å². The molecule has 0 amide bonds. The van der Waals surface area contributed by atoms with Crippen molar-refractivity contribution in [3.05, 3.63) is 70.8 Å². The maximum absolute atomic E-state index is 13.4. The molecule has 26 heavy (non-hydrogen) atoms. The first-order valence-electron chi connectivity index (χ1n) is 8.35. The Morgan fingerprint density at radius 3 is 2.92 bits per heavy atom. The van der Waals surface area contributed by atoms with Crippen LogP contribution in [0.3, 0.4) is 0 Å². The minimum absolute atomic E-state index is 0.172. The van der Waals surface area contributed by atoms with Gasteiger partial charge in [0.05, 0.1) is 19.3 Å². The van der Waals surface area contributed by atoms with Gasteiger partial charge < -0.3 is 9.26 Å². The van der Waals surface area contributed by atoms with Crippen molar-refractivity contribution in [1.82, 2.24) is 15.0 Å². The molecule has 0 spiro atoms. The first-order chi connectivity index (χ1) is 12.7. The summed E-state index contributed by atoms with van der Waals surface area (Å²) in [7, 11) is 0. The van der Waals surface area contributed by atoms with Gasteiger partial charge in [0.2, 0.25) is 11.7 Å². The van der Waals surface area contributed by atoms with Gasteiger partial charge in [-0.25, -0.2) is 4.39 Å². The highest BCUT2D eigenvalue weighted by molar-refractivity contribution is 6.30. The largest absolute Gasteiger partial charge is 0.371 e. The van der Waals surface area contributed by atoms with E-state index in [1.807, 2.05) is 18.2 Å². The topological polar surface area (TPSA) is 51.4 Å². The van der Waals surface area contributed by atoms with Crippen LogP contribution in [0.1, 0.15) is 17.6 Å². The van der Waals surface area contributed by atoms with E-state index in [9.17, 15) is 4.39 Å². The molecule has 0 N–H and O–H groups in total. The summed E-state index contributed by atoms with van der Waals surface area (Å²) in [6, 6.07) is 13.8. The van der Waals surface area contributed by atoms with Crippen LogP contribution in [0.2, 0.25) is 5.02 Å². The summed E-state index contributed by atoms with van der Waals surface area (Å²) in [4.78, 5) is 6.61. The third kappa shape index (κ3) is 3.93. The van der Waals surface area contributed by atoms with Crippen LogP contribution in [-0.2, 0) is 11.3 Å². The van der Waals surface area contributed by atoms with E-state index in [2.05, 4.69) is 15.0 Å². The predicted octanol–water partition coefficient (Wildman–Crippen LogP) is 4.10. The maximum Gasteiger partial charge on any atom is 0.241 e. The Bertz CT molecular complexity index is 902. The van der Waals surface area contributed by atoms with Crippen molar-refractivity contribution in [2.45, 2.75) is 12.6 Å². The summed E-state index contributed by atoms with van der Waals surface area (Å²) >= 11 is 6.01. The van der Waals surface area contributed by atoms with E-state index in [1.54, 1.807) is 18.2 Å². The van der Waals surface area contributed by atoms with E-state index in [0.717, 1.165) is 17.7 Å². The van der Waals surface area contributed by atoms with E-state index >= 15 is 0 Å². The van der Waals surface area contributed by atoms with Gasteiger partial charge in [-0.05, 0) is 29.8 Å². The van der Waals surface area contributed by atoms with Crippen molar-refractivity contribution in [3.63, 3.8) is 0 Å². The molecule has 0 aliphatic carbocycles. The summed E-state index contributed by atoms with van der Waals surface area (Å²) < 4.78 is 24.6. The number of hydrogen-bond donors (Lipinski definition) is 0. The highest BCUT2D eigenvalue weighted by Gasteiger charge is 2.24.